The lowest BCUT2D eigenvalue weighted by molar-refractivity contribution is 0.254. The molecule has 1 atom stereocenters. The van der Waals surface area contributed by atoms with E-state index in [-0.39, 0.29) is 0 Å². The second-order valence-corrected chi connectivity index (χ2v) is 5.84. The first kappa shape index (κ1) is 16.2. The number of aryl methyl sites for hydroxylation is 1. The van der Waals surface area contributed by atoms with E-state index < -0.39 is 0 Å². The van der Waals surface area contributed by atoms with E-state index in [2.05, 4.69) is 31.3 Å². The van der Waals surface area contributed by atoms with Gasteiger partial charge in [-0.05, 0) is 70.3 Å². The van der Waals surface area contributed by atoms with Gasteiger partial charge in [-0.1, -0.05) is 6.92 Å². The molecule has 118 valence electrons. The van der Waals surface area contributed by atoms with Crippen molar-refractivity contribution in [1.29, 1.82) is 0 Å². The quantitative estimate of drug-likeness (QED) is 0.703. The molecule has 0 bridgehead atoms. The smallest absolute Gasteiger partial charge is 0.123 e. The number of ether oxygens (including phenoxy) is 2. The van der Waals surface area contributed by atoms with Crippen molar-refractivity contribution in [3.63, 3.8) is 0 Å². The van der Waals surface area contributed by atoms with E-state index in [1.165, 1.54) is 30.4 Å². The summed E-state index contributed by atoms with van der Waals surface area (Å²) in [6.07, 6.45) is 5.95. The summed E-state index contributed by atoms with van der Waals surface area (Å²) in [6, 6.07) is 4.39. The summed E-state index contributed by atoms with van der Waals surface area (Å²) >= 11 is 0. The lowest BCUT2D eigenvalue weighted by Crippen LogP contribution is -2.15. The van der Waals surface area contributed by atoms with E-state index in [0.29, 0.717) is 6.10 Å². The van der Waals surface area contributed by atoms with Gasteiger partial charge in [0.2, 0.25) is 0 Å². The highest BCUT2D eigenvalue weighted by molar-refractivity contribution is 5.48. The van der Waals surface area contributed by atoms with Gasteiger partial charge in [-0.25, -0.2) is 0 Å². The molecule has 1 unspecified atom stereocenters. The molecular weight excluding hydrogens is 262 g/mol. The van der Waals surface area contributed by atoms with Crippen molar-refractivity contribution in [3.05, 3.63) is 23.3 Å². The van der Waals surface area contributed by atoms with Gasteiger partial charge in [0.1, 0.15) is 17.6 Å². The van der Waals surface area contributed by atoms with E-state index in [0.717, 1.165) is 44.0 Å². The molecule has 1 heterocycles. The molecule has 1 aromatic rings. The van der Waals surface area contributed by atoms with Gasteiger partial charge in [-0.15, -0.1) is 0 Å². The fraction of sp³-hybridized carbons (Fsp3) is 0.667. The summed E-state index contributed by atoms with van der Waals surface area (Å²) in [6.45, 7) is 9.32. The number of unbranched alkanes of at least 4 members (excludes halogenated alkanes) is 1. The van der Waals surface area contributed by atoms with Gasteiger partial charge in [0, 0.05) is 12.0 Å². The molecular formula is C18H29NO2. The number of hydrogen-bond acceptors (Lipinski definition) is 3. The van der Waals surface area contributed by atoms with Crippen LogP contribution in [0.1, 0.15) is 51.2 Å². The molecule has 2 rings (SSSR count). The van der Waals surface area contributed by atoms with Crippen LogP contribution < -0.4 is 14.8 Å². The predicted octanol–water partition coefficient (Wildman–Crippen LogP) is 3.73. The van der Waals surface area contributed by atoms with Crippen molar-refractivity contribution in [3.8, 4) is 11.5 Å². The maximum absolute atomic E-state index is 5.87. The summed E-state index contributed by atoms with van der Waals surface area (Å²) in [4.78, 5) is 0. The van der Waals surface area contributed by atoms with E-state index >= 15 is 0 Å². The van der Waals surface area contributed by atoms with Crippen LogP contribution in [-0.2, 0) is 12.8 Å². The highest BCUT2D eigenvalue weighted by Crippen LogP contribution is 2.35. The van der Waals surface area contributed by atoms with Crippen LogP contribution in [0.5, 0.6) is 11.5 Å². The first-order valence-electron chi connectivity index (χ1n) is 8.40. The van der Waals surface area contributed by atoms with E-state index in [1.54, 1.807) is 0 Å². The second-order valence-electron chi connectivity index (χ2n) is 5.84. The van der Waals surface area contributed by atoms with Crippen LogP contribution in [0.15, 0.2) is 12.1 Å². The summed E-state index contributed by atoms with van der Waals surface area (Å²) in [5.41, 5.74) is 2.58. The Hall–Kier alpha value is -1.22. The highest BCUT2D eigenvalue weighted by atomic mass is 16.5. The maximum Gasteiger partial charge on any atom is 0.123 e. The molecule has 0 saturated carbocycles. The lowest BCUT2D eigenvalue weighted by atomic mass is 10.0. The Bertz CT molecular complexity index is 445. The molecule has 0 saturated heterocycles. The Morgan fingerprint density at radius 3 is 2.86 bits per heavy atom. The molecule has 3 heteroatoms. The van der Waals surface area contributed by atoms with E-state index in [4.69, 9.17) is 9.47 Å². The van der Waals surface area contributed by atoms with Crippen molar-refractivity contribution < 1.29 is 9.47 Å². The molecule has 1 aromatic carbocycles. The zero-order valence-electron chi connectivity index (χ0n) is 13.7. The van der Waals surface area contributed by atoms with Crippen LogP contribution in [-0.4, -0.2) is 25.8 Å². The molecule has 0 radical (unpaired) electrons. The number of nitrogens with one attached hydrogen (secondary N) is 1. The van der Waals surface area contributed by atoms with E-state index in [9.17, 15) is 0 Å². The number of hydrogen-bond donors (Lipinski definition) is 1. The SMILES string of the molecule is CCCNCCCCc1cc2c(cc1OCC)CC(C)O2. The topological polar surface area (TPSA) is 30.5 Å². The molecule has 1 N–H and O–H groups in total. The second kappa shape index (κ2) is 8.28. The minimum atomic E-state index is 0.294. The predicted molar refractivity (Wildman–Crippen MR) is 87.5 cm³/mol. The Balaban J connectivity index is 1.93. The van der Waals surface area contributed by atoms with Gasteiger partial charge < -0.3 is 14.8 Å². The van der Waals surface area contributed by atoms with Gasteiger partial charge in [-0.3, -0.25) is 0 Å². The summed E-state index contributed by atoms with van der Waals surface area (Å²) < 4.78 is 11.7. The van der Waals surface area contributed by atoms with Crippen molar-refractivity contribution >= 4 is 0 Å². The minimum Gasteiger partial charge on any atom is -0.494 e. The average molecular weight is 291 g/mol. The molecule has 0 spiro atoms. The van der Waals surface area contributed by atoms with Crippen LogP contribution in [0.3, 0.4) is 0 Å². The third-order valence-corrected chi connectivity index (χ3v) is 3.86. The number of benzene rings is 1. The zero-order chi connectivity index (χ0) is 15.1. The standard InChI is InChI=1S/C18H29NO2/c1-4-9-19-10-7-6-8-15-12-18-16(11-14(3)21-18)13-17(15)20-5-2/h12-14,19H,4-11H2,1-3H3. The van der Waals surface area contributed by atoms with Crippen LogP contribution in [0.2, 0.25) is 0 Å². The number of fused-ring (bicyclic) bond motifs is 1. The summed E-state index contributed by atoms with van der Waals surface area (Å²) in [7, 11) is 0. The molecule has 0 fully saturated rings. The van der Waals surface area contributed by atoms with Gasteiger partial charge >= 0.3 is 0 Å². The zero-order valence-corrected chi connectivity index (χ0v) is 13.7. The maximum atomic E-state index is 5.87. The van der Waals surface area contributed by atoms with Gasteiger partial charge in [-0.2, -0.15) is 0 Å². The van der Waals surface area contributed by atoms with Crippen molar-refractivity contribution in [2.45, 2.75) is 59.0 Å². The molecule has 1 aliphatic rings. The fourth-order valence-corrected chi connectivity index (χ4v) is 2.83. The first-order valence-corrected chi connectivity index (χ1v) is 8.40. The lowest BCUT2D eigenvalue weighted by Gasteiger charge is -2.12. The minimum absolute atomic E-state index is 0.294. The van der Waals surface area contributed by atoms with Crippen LogP contribution in [0.25, 0.3) is 0 Å². The Kier molecular flexibility index (Phi) is 6.37. The van der Waals surface area contributed by atoms with Crippen LogP contribution in [0.4, 0.5) is 0 Å². The van der Waals surface area contributed by atoms with Gasteiger partial charge in [0.05, 0.1) is 6.61 Å². The normalized spacial score (nSPS) is 16.6. The molecule has 0 aromatic heterocycles. The van der Waals surface area contributed by atoms with Crippen molar-refractivity contribution in [2.75, 3.05) is 19.7 Å². The summed E-state index contributed by atoms with van der Waals surface area (Å²) in [5.74, 6) is 2.11. The Morgan fingerprint density at radius 1 is 1.24 bits per heavy atom. The first-order chi connectivity index (χ1) is 10.2. The van der Waals surface area contributed by atoms with Gasteiger partial charge in [0.25, 0.3) is 0 Å². The largest absolute Gasteiger partial charge is 0.494 e. The molecule has 0 amide bonds. The molecule has 0 aliphatic carbocycles. The third-order valence-electron chi connectivity index (χ3n) is 3.86. The van der Waals surface area contributed by atoms with Gasteiger partial charge in [0.15, 0.2) is 0 Å². The molecule has 3 nitrogen and oxygen atoms in total. The fourth-order valence-electron chi connectivity index (χ4n) is 2.83. The molecule has 1 aliphatic heterocycles. The van der Waals surface area contributed by atoms with Crippen molar-refractivity contribution in [2.24, 2.45) is 0 Å². The van der Waals surface area contributed by atoms with Crippen LogP contribution in [0, 0.1) is 0 Å². The number of rotatable bonds is 9. The average Bonchev–Trinajstić information content (AvgIpc) is 2.82. The monoisotopic (exact) mass is 291 g/mol. The van der Waals surface area contributed by atoms with Crippen LogP contribution >= 0.6 is 0 Å². The Labute approximate surface area is 129 Å². The highest BCUT2D eigenvalue weighted by Gasteiger charge is 2.21. The Morgan fingerprint density at radius 2 is 2.10 bits per heavy atom. The third kappa shape index (κ3) is 4.63. The molecule has 21 heavy (non-hydrogen) atoms. The van der Waals surface area contributed by atoms with Crippen molar-refractivity contribution in [1.82, 2.24) is 5.32 Å². The summed E-state index contributed by atoms with van der Waals surface area (Å²) in [5, 5.41) is 3.45. The van der Waals surface area contributed by atoms with E-state index in [1.807, 2.05) is 6.92 Å².